The first-order valence-corrected chi connectivity index (χ1v) is 10.6. The molecule has 5 nitrogen and oxygen atoms in total. The number of hydrogen-bond acceptors (Lipinski definition) is 5. The molecule has 0 saturated heterocycles. The summed E-state index contributed by atoms with van der Waals surface area (Å²) in [5, 5.41) is 9.87. The molecule has 0 atom stereocenters. The molecule has 1 aliphatic carbocycles. The summed E-state index contributed by atoms with van der Waals surface area (Å²) in [6.07, 6.45) is 5.20. The van der Waals surface area contributed by atoms with E-state index in [0.717, 1.165) is 29.4 Å². The smallest absolute Gasteiger partial charge is 0.306 e. The summed E-state index contributed by atoms with van der Waals surface area (Å²) in [4.78, 5) is 11.4. The van der Waals surface area contributed by atoms with Gasteiger partial charge in [0.15, 0.2) is 11.0 Å². The minimum atomic E-state index is -0.188. The molecule has 1 aliphatic rings. The van der Waals surface area contributed by atoms with E-state index >= 15 is 0 Å². The van der Waals surface area contributed by atoms with Crippen LogP contribution in [0.25, 0.3) is 11.4 Å². The number of nitrogens with zero attached hydrogens (tertiary/aromatic N) is 3. The van der Waals surface area contributed by atoms with Crippen molar-refractivity contribution >= 4 is 17.7 Å². The molecule has 2 aromatic rings. The van der Waals surface area contributed by atoms with Gasteiger partial charge >= 0.3 is 5.97 Å². The Morgan fingerprint density at radius 2 is 1.85 bits per heavy atom. The zero-order valence-electron chi connectivity index (χ0n) is 16.7. The third-order valence-corrected chi connectivity index (χ3v) is 6.07. The second-order valence-corrected chi connectivity index (χ2v) is 9.18. The number of aromatic nitrogens is 3. The van der Waals surface area contributed by atoms with Crippen LogP contribution in [0.15, 0.2) is 29.4 Å². The Morgan fingerprint density at radius 3 is 2.44 bits per heavy atom. The molecule has 0 N–H and O–H groups in total. The summed E-state index contributed by atoms with van der Waals surface area (Å²) in [6, 6.07) is 9.12. The van der Waals surface area contributed by atoms with Gasteiger partial charge in [0.25, 0.3) is 0 Å². The van der Waals surface area contributed by atoms with Crippen molar-refractivity contribution < 1.29 is 9.53 Å². The molecule has 1 aromatic heterocycles. The van der Waals surface area contributed by atoms with Crippen LogP contribution >= 0.6 is 11.8 Å². The minimum absolute atomic E-state index is 0.132. The Labute approximate surface area is 165 Å². The standard InChI is InChI=1S/C21H29N3O2S/c1-21(2,3)16-11-9-15(10-12-16)19-22-23-20(27-14-13-18(25)26-4)24(19)17-7-5-6-8-17/h9-12,17H,5-8,13-14H2,1-4H3. The number of carbonyl (C=O) groups excluding carboxylic acids is 1. The summed E-state index contributed by atoms with van der Waals surface area (Å²) >= 11 is 1.59. The van der Waals surface area contributed by atoms with Gasteiger partial charge < -0.3 is 4.74 Å². The molecule has 0 unspecified atom stereocenters. The molecule has 1 heterocycles. The van der Waals surface area contributed by atoms with E-state index in [1.807, 2.05) is 0 Å². The molecule has 0 radical (unpaired) electrons. The monoisotopic (exact) mass is 387 g/mol. The van der Waals surface area contributed by atoms with E-state index in [1.54, 1.807) is 11.8 Å². The highest BCUT2D eigenvalue weighted by molar-refractivity contribution is 7.99. The summed E-state index contributed by atoms with van der Waals surface area (Å²) in [5.74, 6) is 1.40. The number of esters is 1. The molecule has 0 amide bonds. The average molecular weight is 388 g/mol. The quantitative estimate of drug-likeness (QED) is 0.515. The molecule has 0 spiro atoms. The molecular weight excluding hydrogens is 358 g/mol. The third kappa shape index (κ3) is 4.72. The van der Waals surface area contributed by atoms with Gasteiger partial charge in [-0.15, -0.1) is 10.2 Å². The van der Waals surface area contributed by atoms with Crippen molar-refractivity contribution in [2.75, 3.05) is 12.9 Å². The Hall–Kier alpha value is -1.82. The fourth-order valence-corrected chi connectivity index (χ4v) is 4.44. The number of ether oxygens (including phenoxy) is 1. The molecule has 146 valence electrons. The van der Waals surface area contributed by atoms with Crippen LogP contribution in [0.2, 0.25) is 0 Å². The maximum Gasteiger partial charge on any atom is 0.306 e. The molecule has 3 rings (SSSR count). The third-order valence-electron chi connectivity index (χ3n) is 5.13. The van der Waals surface area contributed by atoms with Gasteiger partial charge in [-0.1, -0.05) is 69.6 Å². The normalized spacial score (nSPS) is 15.3. The fraction of sp³-hybridized carbons (Fsp3) is 0.571. The van der Waals surface area contributed by atoms with E-state index < -0.39 is 0 Å². The zero-order valence-corrected chi connectivity index (χ0v) is 17.5. The Balaban J connectivity index is 1.87. The molecule has 1 saturated carbocycles. The Bertz CT molecular complexity index is 772. The first-order chi connectivity index (χ1) is 12.9. The average Bonchev–Trinajstić information content (AvgIpc) is 3.30. The van der Waals surface area contributed by atoms with Crippen LogP contribution in [0.1, 0.15) is 64.5 Å². The second-order valence-electron chi connectivity index (χ2n) is 8.12. The van der Waals surface area contributed by atoms with Gasteiger partial charge in [0.2, 0.25) is 0 Å². The number of thioether (sulfide) groups is 1. The highest BCUT2D eigenvalue weighted by Crippen LogP contribution is 2.37. The van der Waals surface area contributed by atoms with Gasteiger partial charge in [-0.05, 0) is 23.8 Å². The van der Waals surface area contributed by atoms with E-state index in [2.05, 4.69) is 59.8 Å². The lowest BCUT2D eigenvalue weighted by Gasteiger charge is -2.20. The van der Waals surface area contributed by atoms with E-state index in [1.165, 1.54) is 25.5 Å². The summed E-state index contributed by atoms with van der Waals surface area (Å²) in [5.41, 5.74) is 2.54. The van der Waals surface area contributed by atoms with Crippen molar-refractivity contribution in [3.63, 3.8) is 0 Å². The van der Waals surface area contributed by atoms with Crippen molar-refractivity contribution in [2.24, 2.45) is 0 Å². The Morgan fingerprint density at radius 1 is 1.19 bits per heavy atom. The number of benzene rings is 1. The van der Waals surface area contributed by atoms with Crippen LogP contribution in [-0.4, -0.2) is 33.6 Å². The van der Waals surface area contributed by atoms with Crippen LogP contribution in [0.5, 0.6) is 0 Å². The molecule has 0 bridgehead atoms. The lowest BCUT2D eigenvalue weighted by atomic mass is 9.86. The van der Waals surface area contributed by atoms with Crippen molar-refractivity contribution in [1.29, 1.82) is 0 Å². The zero-order chi connectivity index (χ0) is 19.4. The lowest BCUT2D eigenvalue weighted by molar-refractivity contribution is -0.140. The van der Waals surface area contributed by atoms with Crippen LogP contribution < -0.4 is 0 Å². The Kier molecular flexibility index (Phi) is 6.25. The maximum atomic E-state index is 11.4. The van der Waals surface area contributed by atoms with E-state index in [4.69, 9.17) is 4.74 Å². The van der Waals surface area contributed by atoms with Gasteiger partial charge in [-0.2, -0.15) is 0 Å². The first-order valence-electron chi connectivity index (χ1n) is 9.65. The van der Waals surface area contributed by atoms with E-state index in [-0.39, 0.29) is 11.4 Å². The summed E-state index contributed by atoms with van der Waals surface area (Å²) < 4.78 is 7.03. The van der Waals surface area contributed by atoms with Gasteiger partial charge in [0.1, 0.15) is 0 Å². The van der Waals surface area contributed by atoms with Crippen molar-refractivity contribution in [3.8, 4) is 11.4 Å². The molecule has 1 fully saturated rings. The summed E-state index contributed by atoms with van der Waals surface area (Å²) in [6.45, 7) is 6.66. The SMILES string of the molecule is COC(=O)CCSc1nnc(-c2ccc(C(C)(C)C)cc2)n1C1CCCC1. The largest absolute Gasteiger partial charge is 0.469 e. The second kappa shape index (κ2) is 8.46. The van der Waals surface area contributed by atoms with Crippen molar-refractivity contribution in [2.45, 2.75) is 69.5 Å². The van der Waals surface area contributed by atoms with Crippen molar-refractivity contribution in [1.82, 2.24) is 14.8 Å². The molecule has 1 aromatic carbocycles. The number of carbonyl (C=O) groups is 1. The lowest BCUT2D eigenvalue weighted by Crippen LogP contribution is -2.11. The maximum absolute atomic E-state index is 11.4. The van der Waals surface area contributed by atoms with Crippen LogP contribution in [0.4, 0.5) is 0 Å². The predicted octanol–water partition coefficient (Wildman–Crippen LogP) is 5.01. The minimum Gasteiger partial charge on any atom is -0.469 e. The molecule has 27 heavy (non-hydrogen) atoms. The van der Waals surface area contributed by atoms with Crippen LogP contribution in [0, 0.1) is 0 Å². The molecule has 0 aliphatic heterocycles. The molecular formula is C21H29N3O2S. The van der Waals surface area contributed by atoms with E-state index in [9.17, 15) is 4.79 Å². The van der Waals surface area contributed by atoms with Crippen molar-refractivity contribution in [3.05, 3.63) is 29.8 Å². The highest BCUT2D eigenvalue weighted by Gasteiger charge is 2.25. The van der Waals surface area contributed by atoms with Crippen LogP contribution in [0.3, 0.4) is 0 Å². The fourth-order valence-electron chi connectivity index (χ4n) is 3.51. The number of hydrogen-bond donors (Lipinski definition) is 0. The highest BCUT2D eigenvalue weighted by atomic mass is 32.2. The predicted molar refractivity (Wildman–Crippen MR) is 109 cm³/mol. The van der Waals surface area contributed by atoms with E-state index in [0.29, 0.717) is 18.2 Å². The van der Waals surface area contributed by atoms with Gasteiger partial charge in [-0.3, -0.25) is 9.36 Å². The van der Waals surface area contributed by atoms with Crippen LogP contribution in [-0.2, 0) is 14.9 Å². The van der Waals surface area contributed by atoms with Gasteiger partial charge in [0, 0.05) is 17.4 Å². The number of methoxy groups -OCH3 is 1. The van der Waals surface area contributed by atoms with Gasteiger partial charge in [-0.25, -0.2) is 0 Å². The molecule has 6 heteroatoms. The summed E-state index contributed by atoms with van der Waals surface area (Å²) in [7, 11) is 1.42. The number of rotatable bonds is 6. The first kappa shape index (κ1) is 19.9. The topological polar surface area (TPSA) is 57.0 Å². The van der Waals surface area contributed by atoms with Gasteiger partial charge in [0.05, 0.1) is 13.5 Å².